The number of nitrogens with zero attached hydrogens (tertiary/aromatic N) is 4. The number of esters is 1. The molecule has 1 aliphatic heterocycles. The van der Waals surface area contributed by atoms with E-state index < -0.39 is 0 Å². The summed E-state index contributed by atoms with van der Waals surface area (Å²) in [6.07, 6.45) is 3.94. The zero-order chi connectivity index (χ0) is 18.8. The molecule has 0 spiro atoms. The summed E-state index contributed by atoms with van der Waals surface area (Å²) in [7, 11) is 3.06. The van der Waals surface area contributed by atoms with Crippen LogP contribution >= 0.6 is 0 Å². The van der Waals surface area contributed by atoms with Crippen molar-refractivity contribution in [2.45, 2.75) is 58.2 Å². The quantitative estimate of drug-likeness (QED) is 0.286. The minimum absolute atomic E-state index is 0.169. The van der Waals surface area contributed by atoms with Crippen molar-refractivity contribution >= 4 is 11.9 Å². The van der Waals surface area contributed by atoms with Gasteiger partial charge in [0.15, 0.2) is 11.8 Å². The van der Waals surface area contributed by atoms with E-state index in [1.807, 2.05) is 11.6 Å². The lowest BCUT2D eigenvalue weighted by Crippen LogP contribution is -2.47. The molecule has 0 fully saturated rings. The maximum atomic E-state index is 11.1. The Morgan fingerprint density at radius 2 is 2.23 bits per heavy atom. The van der Waals surface area contributed by atoms with Crippen LogP contribution in [0.1, 0.15) is 44.3 Å². The number of unbranched alkanes of at least 4 members (excludes halogenated alkanes) is 1. The molecular weight excluding hydrogens is 336 g/mol. The number of ether oxygens (including phenoxy) is 2. The number of rotatable bonds is 9. The van der Waals surface area contributed by atoms with E-state index in [0.29, 0.717) is 19.6 Å². The summed E-state index contributed by atoms with van der Waals surface area (Å²) in [4.78, 5) is 20.2. The number of methoxy groups -OCH3 is 2. The summed E-state index contributed by atoms with van der Waals surface area (Å²) >= 11 is 0. The molecule has 2 rings (SSSR count). The number of hydrogen-bond donors (Lipinski definition) is 2. The number of carbonyl (C=O) groups is 1. The van der Waals surface area contributed by atoms with Crippen molar-refractivity contribution in [3.8, 4) is 0 Å². The topological polar surface area (TPSA) is 103 Å². The molecule has 0 saturated carbocycles. The van der Waals surface area contributed by atoms with Gasteiger partial charge in [-0.15, -0.1) is 0 Å². The number of nitrogens with one attached hydrogen (secondary N) is 2. The molecule has 0 bridgehead atoms. The number of aromatic nitrogens is 3. The Hall–Kier alpha value is -2.16. The average molecular weight is 366 g/mol. The highest BCUT2D eigenvalue weighted by atomic mass is 16.5. The predicted octanol–water partition coefficient (Wildman–Crippen LogP) is 0.638. The Labute approximate surface area is 154 Å². The molecule has 0 aliphatic carbocycles. The molecule has 1 atom stereocenters. The van der Waals surface area contributed by atoms with Gasteiger partial charge >= 0.3 is 5.97 Å². The molecule has 2 heterocycles. The molecule has 146 valence electrons. The molecule has 0 amide bonds. The van der Waals surface area contributed by atoms with E-state index >= 15 is 0 Å². The van der Waals surface area contributed by atoms with Crippen molar-refractivity contribution in [3.63, 3.8) is 0 Å². The monoisotopic (exact) mass is 366 g/mol. The van der Waals surface area contributed by atoms with Gasteiger partial charge in [0.1, 0.15) is 12.4 Å². The molecule has 9 heteroatoms. The highest BCUT2D eigenvalue weighted by molar-refractivity contribution is 5.80. The molecule has 1 aliphatic rings. The molecule has 2 N–H and O–H groups in total. The minimum atomic E-state index is -0.169. The van der Waals surface area contributed by atoms with E-state index in [0.717, 1.165) is 56.4 Å². The van der Waals surface area contributed by atoms with Crippen LogP contribution in [0, 0.1) is 0 Å². The maximum Gasteiger partial charge on any atom is 0.305 e. The molecule has 1 aromatic heterocycles. The van der Waals surface area contributed by atoms with Crippen LogP contribution in [-0.4, -0.2) is 60.0 Å². The number of aryl methyl sites for hydroxylation is 1. The molecule has 0 radical (unpaired) electrons. The number of aliphatic imine (C=N–C) groups is 1. The SMILES string of the molecule is CCNC(=NCCCCC(=O)OC)NC1CCc2nc(COC)nn2C1. The van der Waals surface area contributed by atoms with E-state index in [1.54, 1.807) is 7.11 Å². The van der Waals surface area contributed by atoms with Crippen LogP contribution in [0.4, 0.5) is 0 Å². The fourth-order valence-corrected chi connectivity index (χ4v) is 2.86. The van der Waals surface area contributed by atoms with Gasteiger partial charge in [0.2, 0.25) is 0 Å². The van der Waals surface area contributed by atoms with Crippen LogP contribution in [-0.2, 0) is 33.8 Å². The van der Waals surface area contributed by atoms with Gasteiger partial charge in [-0.05, 0) is 26.2 Å². The van der Waals surface area contributed by atoms with Crippen molar-refractivity contribution in [2.24, 2.45) is 4.99 Å². The lowest BCUT2D eigenvalue weighted by Gasteiger charge is -2.25. The summed E-state index contributed by atoms with van der Waals surface area (Å²) < 4.78 is 11.7. The summed E-state index contributed by atoms with van der Waals surface area (Å²) in [5.74, 6) is 2.38. The van der Waals surface area contributed by atoms with Crippen molar-refractivity contribution in [1.82, 2.24) is 25.4 Å². The Bertz CT molecular complexity index is 601. The lowest BCUT2D eigenvalue weighted by atomic mass is 10.1. The summed E-state index contributed by atoms with van der Waals surface area (Å²) in [6.45, 7) is 4.72. The Kier molecular flexibility index (Phi) is 8.33. The second-order valence-electron chi connectivity index (χ2n) is 6.23. The van der Waals surface area contributed by atoms with Crippen molar-refractivity contribution < 1.29 is 14.3 Å². The van der Waals surface area contributed by atoms with Gasteiger partial charge in [-0.1, -0.05) is 0 Å². The smallest absolute Gasteiger partial charge is 0.305 e. The fraction of sp³-hybridized carbons (Fsp3) is 0.765. The van der Waals surface area contributed by atoms with Gasteiger partial charge in [0.05, 0.1) is 13.7 Å². The summed E-state index contributed by atoms with van der Waals surface area (Å²) in [5.41, 5.74) is 0. The van der Waals surface area contributed by atoms with Crippen LogP contribution in [0.15, 0.2) is 4.99 Å². The number of fused-ring (bicyclic) bond motifs is 1. The van der Waals surface area contributed by atoms with Crippen molar-refractivity contribution in [3.05, 3.63) is 11.6 Å². The van der Waals surface area contributed by atoms with Crippen LogP contribution in [0.5, 0.6) is 0 Å². The number of hydrogen-bond acceptors (Lipinski definition) is 6. The molecule has 1 unspecified atom stereocenters. The van der Waals surface area contributed by atoms with Crippen LogP contribution in [0.3, 0.4) is 0 Å². The third-order valence-electron chi connectivity index (χ3n) is 4.15. The zero-order valence-electron chi connectivity index (χ0n) is 16.0. The first kappa shape index (κ1) is 20.2. The second-order valence-corrected chi connectivity index (χ2v) is 6.23. The van der Waals surface area contributed by atoms with Crippen LogP contribution < -0.4 is 10.6 Å². The van der Waals surface area contributed by atoms with Crippen molar-refractivity contribution in [2.75, 3.05) is 27.3 Å². The van der Waals surface area contributed by atoms with Gasteiger partial charge in [-0.2, -0.15) is 5.10 Å². The van der Waals surface area contributed by atoms with Gasteiger partial charge in [0.25, 0.3) is 0 Å². The zero-order valence-corrected chi connectivity index (χ0v) is 16.0. The van der Waals surface area contributed by atoms with E-state index in [-0.39, 0.29) is 12.0 Å². The van der Waals surface area contributed by atoms with Gasteiger partial charge < -0.3 is 20.1 Å². The standard InChI is InChI=1S/C17H30N6O3/c1-4-18-17(19-10-6-5-7-16(24)26-3)20-13-8-9-15-21-14(12-25-2)22-23(15)11-13/h13H,4-12H2,1-3H3,(H2,18,19,20). The first-order chi connectivity index (χ1) is 12.7. The van der Waals surface area contributed by atoms with Gasteiger partial charge in [-0.25, -0.2) is 9.67 Å². The van der Waals surface area contributed by atoms with Gasteiger partial charge in [-0.3, -0.25) is 9.79 Å². The lowest BCUT2D eigenvalue weighted by molar-refractivity contribution is -0.140. The number of carbonyl (C=O) groups excluding carboxylic acids is 1. The average Bonchev–Trinajstić information content (AvgIpc) is 3.03. The molecule has 1 aromatic rings. The van der Waals surface area contributed by atoms with E-state index in [1.165, 1.54) is 7.11 Å². The normalized spacial score (nSPS) is 16.9. The third kappa shape index (κ3) is 6.29. The molecular formula is C17H30N6O3. The Balaban J connectivity index is 1.82. The highest BCUT2D eigenvalue weighted by Gasteiger charge is 2.22. The number of guanidine groups is 1. The van der Waals surface area contributed by atoms with Crippen molar-refractivity contribution in [1.29, 1.82) is 0 Å². The molecule has 0 saturated heterocycles. The summed E-state index contributed by atoms with van der Waals surface area (Å²) in [6, 6.07) is 0.257. The highest BCUT2D eigenvalue weighted by Crippen LogP contribution is 2.13. The summed E-state index contributed by atoms with van der Waals surface area (Å²) in [5, 5.41) is 11.2. The van der Waals surface area contributed by atoms with E-state index in [4.69, 9.17) is 4.74 Å². The fourth-order valence-electron chi connectivity index (χ4n) is 2.86. The largest absolute Gasteiger partial charge is 0.469 e. The first-order valence-electron chi connectivity index (χ1n) is 9.19. The molecule has 0 aromatic carbocycles. The molecule has 9 nitrogen and oxygen atoms in total. The van der Waals surface area contributed by atoms with Crippen LogP contribution in [0.25, 0.3) is 0 Å². The maximum absolute atomic E-state index is 11.1. The predicted molar refractivity (Wildman–Crippen MR) is 97.8 cm³/mol. The Morgan fingerprint density at radius 1 is 1.38 bits per heavy atom. The minimum Gasteiger partial charge on any atom is -0.469 e. The third-order valence-corrected chi connectivity index (χ3v) is 4.15. The Morgan fingerprint density at radius 3 is 2.96 bits per heavy atom. The van der Waals surface area contributed by atoms with E-state index in [2.05, 4.69) is 30.4 Å². The second kappa shape index (κ2) is 10.7. The van der Waals surface area contributed by atoms with Gasteiger partial charge in [0, 0.05) is 39.1 Å². The first-order valence-corrected chi connectivity index (χ1v) is 9.19. The van der Waals surface area contributed by atoms with Crippen LogP contribution in [0.2, 0.25) is 0 Å². The van der Waals surface area contributed by atoms with E-state index in [9.17, 15) is 4.79 Å². The molecule has 26 heavy (non-hydrogen) atoms.